The molecule has 0 saturated heterocycles. The van der Waals surface area contributed by atoms with Crippen molar-refractivity contribution >= 4 is 10.4 Å². The van der Waals surface area contributed by atoms with Gasteiger partial charge in [0.2, 0.25) is 0 Å². The molecule has 0 radical (unpaired) electrons. The summed E-state index contributed by atoms with van der Waals surface area (Å²) < 4.78 is 13.0. The highest BCUT2D eigenvalue weighted by Gasteiger charge is 2.10. The molecule has 0 amide bonds. The monoisotopic (exact) mass is 148 g/mol. The topological polar surface area (TPSA) is 0 Å². The lowest BCUT2D eigenvalue weighted by Crippen LogP contribution is -1.96. The van der Waals surface area contributed by atoms with E-state index in [0.29, 0.717) is 11.5 Å². The maximum absolute atomic E-state index is 13.0. The van der Waals surface area contributed by atoms with Gasteiger partial charge in [-0.3, -0.25) is 0 Å². The van der Waals surface area contributed by atoms with Crippen LogP contribution in [-0.4, -0.2) is 17.8 Å². The van der Waals surface area contributed by atoms with E-state index in [2.05, 4.69) is 13.2 Å². The lowest BCUT2D eigenvalue weighted by molar-refractivity contribution is 0.899. The molecular formula is C7H13FS. The summed E-state index contributed by atoms with van der Waals surface area (Å²) in [4.78, 5) is 0. The van der Waals surface area contributed by atoms with E-state index in [1.165, 1.54) is 0 Å². The van der Waals surface area contributed by atoms with Gasteiger partial charge in [-0.25, -0.2) is 0 Å². The van der Waals surface area contributed by atoms with Crippen LogP contribution in [-0.2, 0) is 0 Å². The third kappa shape index (κ3) is 4.28. The zero-order valence-electron chi connectivity index (χ0n) is 5.77. The van der Waals surface area contributed by atoms with E-state index >= 15 is 0 Å². The largest absolute Gasteiger partial charge is 0.189 e. The Kier molecular flexibility index (Phi) is 3.62. The van der Waals surface area contributed by atoms with Crippen LogP contribution in [0, 0.1) is 0 Å². The first-order valence-corrected chi connectivity index (χ1v) is 5.05. The van der Waals surface area contributed by atoms with E-state index in [-0.39, 0.29) is 0 Å². The van der Waals surface area contributed by atoms with E-state index in [9.17, 15) is 3.89 Å². The normalized spacial score (nSPS) is 12.7. The van der Waals surface area contributed by atoms with E-state index in [1.807, 2.05) is 0 Å². The van der Waals surface area contributed by atoms with Gasteiger partial charge in [0, 0.05) is 11.5 Å². The van der Waals surface area contributed by atoms with Crippen molar-refractivity contribution < 1.29 is 3.89 Å². The van der Waals surface area contributed by atoms with Crippen molar-refractivity contribution in [3.05, 3.63) is 25.3 Å². The summed E-state index contributed by atoms with van der Waals surface area (Å²) in [5.41, 5.74) is 0. The van der Waals surface area contributed by atoms with Crippen molar-refractivity contribution in [2.45, 2.75) is 0 Å². The third-order valence-corrected chi connectivity index (χ3v) is 2.79. The minimum absolute atomic E-state index is 0.485. The predicted molar refractivity (Wildman–Crippen MR) is 44.8 cm³/mol. The maximum atomic E-state index is 13.0. The predicted octanol–water partition coefficient (Wildman–Crippen LogP) is 2.68. The summed E-state index contributed by atoms with van der Waals surface area (Å²) in [6.45, 7) is 6.95. The molecule has 0 saturated carbocycles. The summed E-state index contributed by atoms with van der Waals surface area (Å²) in [6, 6.07) is 0. The highest BCUT2D eigenvalue weighted by molar-refractivity contribution is 8.29. The quantitative estimate of drug-likeness (QED) is 0.538. The van der Waals surface area contributed by atoms with Gasteiger partial charge in [0.05, 0.1) is 0 Å². The third-order valence-electron chi connectivity index (χ3n) is 0.931. The van der Waals surface area contributed by atoms with E-state index < -0.39 is 10.4 Å². The highest BCUT2D eigenvalue weighted by atomic mass is 32.3. The Labute approximate surface area is 58.1 Å². The average molecular weight is 148 g/mol. The zero-order valence-corrected chi connectivity index (χ0v) is 6.59. The second-order valence-electron chi connectivity index (χ2n) is 2.06. The van der Waals surface area contributed by atoms with Crippen LogP contribution in [0.5, 0.6) is 0 Å². The molecule has 0 aromatic rings. The van der Waals surface area contributed by atoms with Crippen molar-refractivity contribution in [3.8, 4) is 0 Å². The zero-order chi connectivity index (χ0) is 7.33. The molecule has 0 fully saturated rings. The SMILES string of the molecule is C=CCS(C)(F)CC=C. The van der Waals surface area contributed by atoms with E-state index in [1.54, 1.807) is 18.4 Å². The lowest BCUT2D eigenvalue weighted by atomic mass is 10.8. The maximum Gasteiger partial charge on any atom is 0.0214 e. The molecule has 0 heterocycles. The van der Waals surface area contributed by atoms with Gasteiger partial charge in [-0.2, -0.15) is 3.89 Å². The molecule has 0 aliphatic carbocycles. The Hall–Kier alpha value is -0.240. The molecule has 0 N–H and O–H groups in total. The van der Waals surface area contributed by atoms with Crippen LogP contribution in [0.1, 0.15) is 0 Å². The van der Waals surface area contributed by atoms with E-state index in [4.69, 9.17) is 0 Å². The van der Waals surface area contributed by atoms with Gasteiger partial charge < -0.3 is 0 Å². The van der Waals surface area contributed by atoms with Gasteiger partial charge in [0.1, 0.15) is 0 Å². The molecule has 0 unspecified atom stereocenters. The van der Waals surface area contributed by atoms with Gasteiger partial charge in [0.15, 0.2) is 0 Å². The Bertz CT molecular complexity index is 95.5. The molecule has 0 rings (SSSR count). The Balaban J connectivity index is 3.68. The lowest BCUT2D eigenvalue weighted by Gasteiger charge is -2.21. The van der Waals surface area contributed by atoms with E-state index in [0.717, 1.165) is 0 Å². The van der Waals surface area contributed by atoms with Crippen LogP contribution in [0.2, 0.25) is 0 Å². The van der Waals surface area contributed by atoms with Gasteiger partial charge in [-0.05, 0) is 6.26 Å². The molecular weight excluding hydrogens is 135 g/mol. The summed E-state index contributed by atoms with van der Waals surface area (Å²) in [7, 11) is -1.92. The van der Waals surface area contributed by atoms with Crippen LogP contribution < -0.4 is 0 Å². The molecule has 0 atom stereocenters. The molecule has 0 aliphatic heterocycles. The smallest absolute Gasteiger partial charge is 0.0214 e. The van der Waals surface area contributed by atoms with Gasteiger partial charge in [0.25, 0.3) is 0 Å². The van der Waals surface area contributed by atoms with Crippen LogP contribution in [0.4, 0.5) is 3.89 Å². The minimum atomic E-state index is -1.92. The van der Waals surface area contributed by atoms with Gasteiger partial charge in [-0.1, -0.05) is 22.6 Å². The fraction of sp³-hybridized carbons (Fsp3) is 0.429. The molecule has 0 bridgehead atoms. The molecule has 0 aromatic heterocycles. The number of hydrogen-bond acceptors (Lipinski definition) is 0. The molecule has 9 heavy (non-hydrogen) atoms. The Morgan fingerprint density at radius 1 is 1.33 bits per heavy atom. The summed E-state index contributed by atoms with van der Waals surface area (Å²) in [5, 5.41) is 0. The second-order valence-corrected chi connectivity index (χ2v) is 5.04. The molecule has 0 spiro atoms. The van der Waals surface area contributed by atoms with Crippen LogP contribution >= 0.6 is 10.4 Å². The Morgan fingerprint density at radius 3 is 1.89 bits per heavy atom. The van der Waals surface area contributed by atoms with Crippen molar-refractivity contribution in [1.82, 2.24) is 0 Å². The van der Waals surface area contributed by atoms with Crippen LogP contribution in [0.25, 0.3) is 0 Å². The fourth-order valence-electron chi connectivity index (χ4n) is 0.559. The second kappa shape index (κ2) is 3.72. The first-order chi connectivity index (χ1) is 4.12. The van der Waals surface area contributed by atoms with Crippen molar-refractivity contribution in [2.75, 3.05) is 17.8 Å². The van der Waals surface area contributed by atoms with Gasteiger partial charge >= 0.3 is 0 Å². The highest BCUT2D eigenvalue weighted by Crippen LogP contribution is 2.45. The standard InChI is InChI=1S/C7H13FS/c1-4-6-9(3,8)7-5-2/h4-5H,1-2,6-7H2,3H3. The first kappa shape index (κ1) is 8.76. The van der Waals surface area contributed by atoms with Crippen LogP contribution in [0.3, 0.4) is 0 Å². The summed E-state index contributed by atoms with van der Waals surface area (Å²) >= 11 is 0. The Morgan fingerprint density at radius 2 is 1.67 bits per heavy atom. The number of rotatable bonds is 4. The first-order valence-electron chi connectivity index (χ1n) is 2.77. The fourth-order valence-corrected chi connectivity index (χ4v) is 1.68. The minimum Gasteiger partial charge on any atom is -0.189 e. The van der Waals surface area contributed by atoms with Crippen molar-refractivity contribution in [3.63, 3.8) is 0 Å². The average Bonchev–Trinajstić information content (AvgIpc) is 1.64. The molecule has 54 valence electrons. The number of hydrogen-bond donors (Lipinski definition) is 0. The van der Waals surface area contributed by atoms with Crippen LogP contribution in [0.15, 0.2) is 25.3 Å². The molecule has 0 nitrogen and oxygen atoms in total. The number of halogens is 1. The molecule has 0 aromatic carbocycles. The van der Waals surface area contributed by atoms with Gasteiger partial charge in [-0.15, -0.1) is 13.2 Å². The molecule has 0 aliphatic rings. The summed E-state index contributed by atoms with van der Waals surface area (Å²) in [6.07, 6.45) is 4.88. The van der Waals surface area contributed by atoms with Crippen molar-refractivity contribution in [1.29, 1.82) is 0 Å². The molecule has 2 heteroatoms. The summed E-state index contributed by atoms with van der Waals surface area (Å²) in [5.74, 6) is 0.970. The van der Waals surface area contributed by atoms with Crippen molar-refractivity contribution in [2.24, 2.45) is 0 Å².